The lowest BCUT2D eigenvalue weighted by Gasteiger charge is -2.15. The van der Waals surface area contributed by atoms with Gasteiger partial charge in [-0.15, -0.1) is 0 Å². The van der Waals surface area contributed by atoms with Crippen molar-refractivity contribution >= 4 is 21.9 Å². The standard InChI is InChI=1S/C10H15BrN2O2/c1-6(2)7(4-10(14)15)8-5-9(11)13(3)12-8/h5-7H,4H2,1-3H3,(H,14,15). The quantitative estimate of drug-likeness (QED) is 0.918. The third-order valence-corrected chi connectivity index (χ3v) is 3.16. The van der Waals surface area contributed by atoms with Crippen LogP contribution < -0.4 is 0 Å². The van der Waals surface area contributed by atoms with Crippen molar-refractivity contribution in [1.29, 1.82) is 0 Å². The molecule has 1 heterocycles. The summed E-state index contributed by atoms with van der Waals surface area (Å²) in [5.74, 6) is -0.543. The lowest BCUT2D eigenvalue weighted by Crippen LogP contribution is -2.13. The van der Waals surface area contributed by atoms with E-state index in [2.05, 4.69) is 21.0 Å². The summed E-state index contributed by atoms with van der Waals surface area (Å²) < 4.78 is 2.57. The van der Waals surface area contributed by atoms with Crippen LogP contribution in [0.15, 0.2) is 10.7 Å². The maximum absolute atomic E-state index is 10.7. The normalized spacial score (nSPS) is 13.1. The van der Waals surface area contributed by atoms with Crippen LogP contribution in [0.25, 0.3) is 0 Å². The van der Waals surface area contributed by atoms with Crippen LogP contribution in [0.5, 0.6) is 0 Å². The van der Waals surface area contributed by atoms with Crippen molar-refractivity contribution < 1.29 is 9.90 Å². The van der Waals surface area contributed by atoms with Crippen LogP contribution in [0.2, 0.25) is 0 Å². The van der Waals surface area contributed by atoms with Gasteiger partial charge in [-0.2, -0.15) is 5.10 Å². The summed E-state index contributed by atoms with van der Waals surface area (Å²) in [5, 5.41) is 13.1. The number of halogens is 1. The number of carboxylic acid groups (broad SMARTS) is 1. The number of carboxylic acids is 1. The Morgan fingerprint density at radius 3 is 2.60 bits per heavy atom. The molecule has 1 rings (SSSR count). The monoisotopic (exact) mass is 274 g/mol. The molecule has 1 N–H and O–H groups in total. The first-order chi connectivity index (χ1) is 6.91. The van der Waals surface area contributed by atoms with Crippen molar-refractivity contribution in [1.82, 2.24) is 9.78 Å². The first kappa shape index (κ1) is 12.2. The molecule has 0 aliphatic heterocycles. The Balaban J connectivity index is 2.93. The molecule has 1 aromatic rings. The summed E-state index contributed by atoms with van der Waals surface area (Å²) in [6.07, 6.45) is 0.126. The average Bonchev–Trinajstić information content (AvgIpc) is 2.42. The molecular weight excluding hydrogens is 260 g/mol. The van der Waals surface area contributed by atoms with Crippen LogP contribution in [0.1, 0.15) is 31.9 Å². The van der Waals surface area contributed by atoms with Crippen molar-refractivity contribution in [3.63, 3.8) is 0 Å². The summed E-state index contributed by atoms with van der Waals surface area (Å²) in [5.41, 5.74) is 0.835. The highest BCUT2D eigenvalue weighted by Crippen LogP contribution is 2.28. The molecule has 4 nitrogen and oxygen atoms in total. The van der Waals surface area contributed by atoms with Crippen molar-refractivity contribution in [3.8, 4) is 0 Å². The van der Waals surface area contributed by atoms with Gasteiger partial charge in [0.1, 0.15) is 4.60 Å². The molecule has 1 atom stereocenters. The van der Waals surface area contributed by atoms with Crippen LogP contribution in [0.3, 0.4) is 0 Å². The first-order valence-corrected chi connectivity index (χ1v) is 5.62. The second-order valence-electron chi connectivity index (χ2n) is 3.96. The molecule has 0 aromatic carbocycles. The number of aliphatic carboxylic acids is 1. The molecule has 0 bridgehead atoms. The summed E-state index contributed by atoms with van der Waals surface area (Å²) in [6.45, 7) is 4.02. The van der Waals surface area contributed by atoms with E-state index in [-0.39, 0.29) is 18.3 Å². The Morgan fingerprint density at radius 1 is 1.67 bits per heavy atom. The second-order valence-corrected chi connectivity index (χ2v) is 4.78. The maximum Gasteiger partial charge on any atom is 0.304 e. The van der Waals surface area contributed by atoms with Crippen molar-refractivity contribution in [2.45, 2.75) is 26.2 Å². The van der Waals surface area contributed by atoms with E-state index < -0.39 is 5.97 Å². The Hall–Kier alpha value is -0.840. The van der Waals surface area contributed by atoms with Gasteiger partial charge in [0.2, 0.25) is 0 Å². The van der Waals surface area contributed by atoms with Gasteiger partial charge in [-0.25, -0.2) is 0 Å². The van der Waals surface area contributed by atoms with Crippen LogP contribution in [-0.2, 0) is 11.8 Å². The predicted octanol–water partition coefficient (Wildman–Crippen LogP) is 2.40. The summed E-state index contributed by atoms with van der Waals surface area (Å²) >= 11 is 3.35. The number of hydrogen-bond donors (Lipinski definition) is 1. The van der Waals surface area contributed by atoms with Gasteiger partial charge in [-0.3, -0.25) is 9.48 Å². The lowest BCUT2D eigenvalue weighted by atomic mass is 9.90. The van der Waals surface area contributed by atoms with Crippen molar-refractivity contribution in [2.24, 2.45) is 13.0 Å². The minimum absolute atomic E-state index is 0.0278. The highest BCUT2D eigenvalue weighted by molar-refractivity contribution is 9.10. The molecule has 0 radical (unpaired) electrons. The molecule has 0 saturated carbocycles. The minimum Gasteiger partial charge on any atom is -0.481 e. The molecular formula is C10H15BrN2O2. The molecule has 5 heteroatoms. The van der Waals surface area contributed by atoms with Gasteiger partial charge in [0.05, 0.1) is 12.1 Å². The number of hydrogen-bond acceptors (Lipinski definition) is 2. The van der Waals surface area contributed by atoms with E-state index in [0.717, 1.165) is 10.3 Å². The highest BCUT2D eigenvalue weighted by Gasteiger charge is 2.22. The summed E-state index contributed by atoms with van der Waals surface area (Å²) in [6, 6.07) is 1.88. The SMILES string of the molecule is CC(C)C(CC(=O)O)c1cc(Br)n(C)n1. The van der Waals surface area contributed by atoms with Crippen LogP contribution in [-0.4, -0.2) is 20.9 Å². The fraction of sp³-hybridized carbons (Fsp3) is 0.600. The fourth-order valence-corrected chi connectivity index (χ4v) is 1.83. The second kappa shape index (κ2) is 4.79. The number of aromatic nitrogens is 2. The van der Waals surface area contributed by atoms with Gasteiger partial charge in [0.25, 0.3) is 0 Å². The van der Waals surface area contributed by atoms with E-state index in [0.29, 0.717) is 0 Å². The molecule has 1 unspecified atom stereocenters. The van der Waals surface area contributed by atoms with Crippen molar-refractivity contribution in [3.05, 3.63) is 16.4 Å². The van der Waals surface area contributed by atoms with Gasteiger partial charge in [0.15, 0.2) is 0 Å². The topological polar surface area (TPSA) is 55.1 Å². The molecule has 0 fully saturated rings. The molecule has 0 spiro atoms. The fourth-order valence-electron chi connectivity index (χ4n) is 1.52. The Labute approximate surface area is 97.4 Å². The van der Waals surface area contributed by atoms with Gasteiger partial charge in [-0.05, 0) is 27.9 Å². The largest absolute Gasteiger partial charge is 0.481 e. The zero-order chi connectivity index (χ0) is 11.6. The lowest BCUT2D eigenvalue weighted by molar-refractivity contribution is -0.137. The van der Waals surface area contributed by atoms with Crippen LogP contribution in [0.4, 0.5) is 0 Å². The minimum atomic E-state index is -0.782. The van der Waals surface area contributed by atoms with E-state index in [1.807, 2.05) is 27.0 Å². The zero-order valence-corrected chi connectivity index (χ0v) is 10.7. The number of rotatable bonds is 4. The highest BCUT2D eigenvalue weighted by atomic mass is 79.9. The van der Waals surface area contributed by atoms with Gasteiger partial charge in [-0.1, -0.05) is 13.8 Å². The average molecular weight is 275 g/mol. The van der Waals surface area contributed by atoms with Crippen LogP contribution >= 0.6 is 15.9 Å². The van der Waals surface area contributed by atoms with E-state index in [9.17, 15) is 4.79 Å². The van der Waals surface area contributed by atoms with E-state index in [1.54, 1.807) is 4.68 Å². The smallest absolute Gasteiger partial charge is 0.304 e. The van der Waals surface area contributed by atoms with Gasteiger partial charge < -0.3 is 5.11 Å². The molecule has 0 saturated heterocycles. The molecule has 1 aromatic heterocycles. The van der Waals surface area contributed by atoms with Crippen LogP contribution in [0, 0.1) is 5.92 Å². The van der Waals surface area contributed by atoms with E-state index in [4.69, 9.17) is 5.11 Å². The summed E-state index contributed by atoms with van der Waals surface area (Å²) in [4.78, 5) is 10.7. The Bertz CT molecular complexity index is 341. The molecule has 0 aliphatic carbocycles. The first-order valence-electron chi connectivity index (χ1n) is 4.83. The number of aryl methyl sites for hydroxylation is 1. The molecule has 84 valence electrons. The Kier molecular flexibility index (Phi) is 3.90. The third kappa shape index (κ3) is 3.06. The number of carbonyl (C=O) groups is 1. The zero-order valence-electron chi connectivity index (χ0n) is 9.07. The predicted molar refractivity (Wildman–Crippen MR) is 60.7 cm³/mol. The number of nitrogens with zero attached hydrogens (tertiary/aromatic N) is 2. The Morgan fingerprint density at radius 2 is 2.27 bits per heavy atom. The van der Waals surface area contributed by atoms with Gasteiger partial charge >= 0.3 is 5.97 Å². The van der Waals surface area contributed by atoms with E-state index >= 15 is 0 Å². The third-order valence-electron chi connectivity index (χ3n) is 2.42. The van der Waals surface area contributed by atoms with Gasteiger partial charge in [0, 0.05) is 13.0 Å². The summed E-state index contributed by atoms with van der Waals surface area (Å²) in [7, 11) is 1.83. The molecule has 0 amide bonds. The molecule has 0 aliphatic rings. The molecule has 15 heavy (non-hydrogen) atoms. The maximum atomic E-state index is 10.7. The van der Waals surface area contributed by atoms with E-state index in [1.165, 1.54) is 0 Å². The van der Waals surface area contributed by atoms with Crippen molar-refractivity contribution in [2.75, 3.05) is 0 Å².